The summed E-state index contributed by atoms with van der Waals surface area (Å²) in [5, 5.41) is 2.50. The molecular weight excluding hydrogens is 421 g/mol. The van der Waals surface area contributed by atoms with Crippen LogP contribution in [0.5, 0.6) is 0 Å². The molecule has 0 radical (unpaired) electrons. The number of benzene rings is 2. The van der Waals surface area contributed by atoms with Gasteiger partial charge in [0.2, 0.25) is 21.8 Å². The van der Waals surface area contributed by atoms with Crippen LogP contribution < -0.4 is 9.62 Å². The normalized spacial score (nSPS) is 12.2. The fourth-order valence-electron chi connectivity index (χ4n) is 3.26. The summed E-state index contributed by atoms with van der Waals surface area (Å²) in [6, 6.07) is 9.97. The number of amides is 2. The highest BCUT2D eigenvalue weighted by atomic mass is 32.2. The van der Waals surface area contributed by atoms with Crippen molar-refractivity contribution in [2.24, 2.45) is 0 Å². The van der Waals surface area contributed by atoms with Crippen molar-refractivity contribution in [1.29, 1.82) is 0 Å². The minimum Gasteiger partial charge on any atom is -0.357 e. The van der Waals surface area contributed by atoms with Crippen molar-refractivity contribution in [2.45, 2.75) is 33.4 Å². The second kappa shape index (κ2) is 9.91. The molecule has 9 heteroatoms. The Balaban J connectivity index is 2.40. The van der Waals surface area contributed by atoms with Crippen molar-refractivity contribution in [3.63, 3.8) is 0 Å². The molecule has 2 aromatic carbocycles. The molecule has 2 aromatic rings. The molecule has 2 amide bonds. The third-order valence-corrected chi connectivity index (χ3v) is 6.11. The Kier molecular flexibility index (Phi) is 7.78. The fraction of sp³-hybridized carbons (Fsp3) is 0.364. The zero-order valence-electron chi connectivity index (χ0n) is 18.3. The van der Waals surface area contributed by atoms with Crippen molar-refractivity contribution >= 4 is 27.5 Å². The Morgan fingerprint density at radius 1 is 1.10 bits per heavy atom. The molecule has 0 aliphatic heterocycles. The van der Waals surface area contributed by atoms with Gasteiger partial charge in [0.05, 0.1) is 11.9 Å². The van der Waals surface area contributed by atoms with Gasteiger partial charge < -0.3 is 10.2 Å². The largest absolute Gasteiger partial charge is 0.357 e. The first-order valence-corrected chi connectivity index (χ1v) is 11.6. The molecule has 0 bridgehead atoms. The number of halogens is 1. The standard InChI is InChI=1S/C22H28FN3O4S/c1-15-6-11-20(16(2)12-15)26(31(5,29)30)14-21(27)25(17(3)22(28)24-4)13-18-7-9-19(23)10-8-18/h6-12,17H,13-14H2,1-5H3,(H,24,28)/t17-/m0/s1. The second-order valence-electron chi connectivity index (χ2n) is 7.50. The maximum Gasteiger partial charge on any atom is 0.244 e. The molecule has 2 rings (SSSR count). The van der Waals surface area contributed by atoms with Crippen LogP contribution in [0.3, 0.4) is 0 Å². The Labute approximate surface area is 182 Å². The summed E-state index contributed by atoms with van der Waals surface area (Å²) in [7, 11) is -2.32. The predicted octanol–water partition coefficient (Wildman–Crippen LogP) is 2.37. The number of hydrogen-bond donors (Lipinski definition) is 1. The van der Waals surface area contributed by atoms with Crippen LogP contribution in [-0.4, -0.2) is 51.0 Å². The predicted molar refractivity (Wildman–Crippen MR) is 119 cm³/mol. The lowest BCUT2D eigenvalue weighted by atomic mass is 10.1. The van der Waals surface area contributed by atoms with Crippen LogP contribution >= 0.6 is 0 Å². The highest BCUT2D eigenvalue weighted by Gasteiger charge is 2.30. The van der Waals surface area contributed by atoms with Gasteiger partial charge in [0.25, 0.3) is 0 Å². The van der Waals surface area contributed by atoms with E-state index < -0.39 is 40.2 Å². The van der Waals surface area contributed by atoms with E-state index in [9.17, 15) is 22.4 Å². The number of nitrogens with zero attached hydrogens (tertiary/aromatic N) is 2. The van der Waals surface area contributed by atoms with Crippen LogP contribution in [0.15, 0.2) is 42.5 Å². The summed E-state index contributed by atoms with van der Waals surface area (Å²) >= 11 is 0. The fourth-order valence-corrected chi connectivity index (χ4v) is 4.17. The van der Waals surface area contributed by atoms with Gasteiger partial charge in [-0.2, -0.15) is 0 Å². The maximum absolute atomic E-state index is 13.3. The number of likely N-dealkylation sites (N-methyl/N-ethyl adjacent to an activating group) is 1. The van der Waals surface area contributed by atoms with E-state index in [1.165, 1.54) is 36.2 Å². The Hall–Kier alpha value is -2.94. The van der Waals surface area contributed by atoms with Crippen molar-refractivity contribution in [1.82, 2.24) is 10.2 Å². The first-order chi connectivity index (χ1) is 14.4. The number of hydrogen-bond acceptors (Lipinski definition) is 4. The molecule has 1 N–H and O–H groups in total. The number of aryl methyl sites for hydroxylation is 2. The summed E-state index contributed by atoms with van der Waals surface area (Å²) in [4.78, 5) is 26.8. The van der Waals surface area contributed by atoms with Crippen LogP contribution in [0.1, 0.15) is 23.6 Å². The summed E-state index contributed by atoms with van der Waals surface area (Å²) in [6.07, 6.45) is 1.03. The summed E-state index contributed by atoms with van der Waals surface area (Å²) in [5.74, 6) is -1.36. The topological polar surface area (TPSA) is 86.8 Å². The van der Waals surface area contributed by atoms with Gasteiger partial charge in [-0.05, 0) is 50.1 Å². The number of anilines is 1. The lowest BCUT2D eigenvalue weighted by Gasteiger charge is -2.31. The molecule has 31 heavy (non-hydrogen) atoms. The Morgan fingerprint density at radius 3 is 2.23 bits per heavy atom. The first-order valence-electron chi connectivity index (χ1n) is 9.74. The molecule has 0 unspecified atom stereocenters. The van der Waals surface area contributed by atoms with Gasteiger partial charge in [0.1, 0.15) is 18.4 Å². The van der Waals surface area contributed by atoms with Gasteiger partial charge in [-0.3, -0.25) is 13.9 Å². The molecule has 0 heterocycles. The van der Waals surface area contributed by atoms with Gasteiger partial charge in [-0.1, -0.05) is 29.8 Å². The lowest BCUT2D eigenvalue weighted by molar-refractivity contribution is -0.139. The molecule has 0 aromatic heterocycles. The summed E-state index contributed by atoms with van der Waals surface area (Å²) < 4.78 is 39.3. The van der Waals surface area contributed by atoms with Gasteiger partial charge in [-0.25, -0.2) is 12.8 Å². The molecule has 0 spiro atoms. The van der Waals surface area contributed by atoms with E-state index in [2.05, 4.69) is 5.32 Å². The quantitative estimate of drug-likeness (QED) is 0.670. The molecule has 1 atom stereocenters. The lowest BCUT2D eigenvalue weighted by Crippen LogP contribution is -2.50. The Bertz CT molecular complexity index is 1050. The van der Waals surface area contributed by atoms with Gasteiger partial charge in [-0.15, -0.1) is 0 Å². The van der Waals surface area contributed by atoms with E-state index in [4.69, 9.17) is 0 Å². The van der Waals surface area contributed by atoms with Crippen LogP contribution in [0.25, 0.3) is 0 Å². The molecule has 0 aliphatic rings. The molecule has 0 aliphatic carbocycles. The average Bonchev–Trinajstić information content (AvgIpc) is 2.70. The van der Waals surface area contributed by atoms with Crippen molar-refractivity contribution < 1.29 is 22.4 Å². The molecule has 0 saturated carbocycles. The second-order valence-corrected chi connectivity index (χ2v) is 9.40. The van der Waals surface area contributed by atoms with Crippen molar-refractivity contribution in [2.75, 3.05) is 24.2 Å². The van der Waals surface area contributed by atoms with Gasteiger partial charge in [0, 0.05) is 13.6 Å². The number of carbonyl (C=O) groups is 2. The van der Waals surface area contributed by atoms with Gasteiger partial charge in [0.15, 0.2) is 0 Å². The molecule has 0 saturated heterocycles. The molecule has 0 fully saturated rings. The van der Waals surface area contributed by atoms with E-state index in [1.807, 2.05) is 13.0 Å². The van der Waals surface area contributed by atoms with Crippen LogP contribution in [0, 0.1) is 19.7 Å². The minimum absolute atomic E-state index is 0.0260. The zero-order chi connectivity index (χ0) is 23.3. The van der Waals surface area contributed by atoms with Crippen molar-refractivity contribution in [3.8, 4) is 0 Å². The molecule has 168 valence electrons. The SMILES string of the molecule is CNC(=O)[C@H](C)N(Cc1ccc(F)cc1)C(=O)CN(c1ccc(C)cc1C)S(C)(=O)=O. The van der Waals surface area contributed by atoms with Gasteiger partial charge >= 0.3 is 0 Å². The minimum atomic E-state index is -3.78. The first kappa shape index (κ1) is 24.3. The molecule has 7 nitrogen and oxygen atoms in total. The average molecular weight is 450 g/mol. The van der Waals surface area contributed by atoms with Crippen LogP contribution in [0.4, 0.5) is 10.1 Å². The number of sulfonamides is 1. The molecular formula is C22H28FN3O4S. The van der Waals surface area contributed by atoms with Crippen LogP contribution in [0.2, 0.25) is 0 Å². The maximum atomic E-state index is 13.3. The number of nitrogens with one attached hydrogen (secondary N) is 1. The third-order valence-electron chi connectivity index (χ3n) is 4.98. The van der Waals surface area contributed by atoms with E-state index in [0.717, 1.165) is 16.1 Å². The van der Waals surface area contributed by atoms with E-state index >= 15 is 0 Å². The monoisotopic (exact) mass is 449 g/mol. The van der Waals surface area contributed by atoms with Crippen LogP contribution in [-0.2, 0) is 26.2 Å². The van der Waals surface area contributed by atoms with Crippen molar-refractivity contribution in [3.05, 3.63) is 65.0 Å². The highest BCUT2D eigenvalue weighted by molar-refractivity contribution is 7.92. The Morgan fingerprint density at radius 2 is 1.71 bits per heavy atom. The van der Waals surface area contributed by atoms with E-state index in [-0.39, 0.29) is 6.54 Å². The zero-order valence-corrected chi connectivity index (χ0v) is 19.2. The highest BCUT2D eigenvalue weighted by Crippen LogP contribution is 2.24. The number of carbonyl (C=O) groups excluding carboxylic acids is 2. The number of rotatable bonds is 8. The van der Waals surface area contributed by atoms with E-state index in [1.54, 1.807) is 26.0 Å². The van der Waals surface area contributed by atoms with E-state index in [0.29, 0.717) is 16.8 Å². The third kappa shape index (κ3) is 6.27. The smallest absolute Gasteiger partial charge is 0.244 e. The summed E-state index contributed by atoms with van der Waals surface area (Å²) in [6.45, 7) is 4.78. The summed E-state index contributed by atoms with van der Waals surface area (Å²) in [5.41, 5.74) is 2.69.